The van der Waals surface area contributed by atoms with Crippen molar-refractivity contribution in [2.75, 3.05) is 18.5 Å². The Hall–Kier alpha value is -1.93. The van der Waals surface area contributed by atoms with E-state index in [1.165, 1.54) is 12.4 Å². The number of anilines is 1. The fraction of sp³-hybridized carbons (Fsp3) is 0.375. The minimum Gasteiger partial charge on any atom is -0.465 e. The quantitative estimate of drug-likeness (QED) is 0.526. The minimum absolute atomic E-state index is 0.0107. The van der Waals surface area contributed by atoms with Crippen molar-refractivity contribution in [2.45, 2.75) is 6.10 Å². The highest BCUT2D eigenvalue weighted by Crippen LogP contribution is 2.07. The fourth-order valence-electron chi connectivity index (χ4n) is 0.802. The van der Waals surface area contributed by atoms with Gasteiger partial charge in [-0.05, 0) is 0 Å². The summed E-state index contributed by atoms with van der Waals surface area (Å²) in [5, 5.41) is 27.9. The van der Waals surface area contributed by atoms with Gasteiger partial charge in [0.15, 0.2) is 0 Å². The number of rotatable bonds is 5. The summed E-state index contributed by atoms with van der Waals surface area (Å²) in [6.45, 7) is -0.555. The summed E-state index contributed by atoms with van der Waals surface area (Å²) in [5.74, 6) is 0. The Morgan fingerprint density at radius 1 is 1.50 bits per heavy atom. The summed E-state index contributed by atoms with van der Waals surface area (Å²) < 4.78 is 4.91. The smallest absolute Gasteiger partial charge is 0.409 e. The number of aliphatic hydroxyl groups is 2. The molecule has 0 saturated carbocycles. The lowest BCUT2D eigenvalue weighted by molar-refractivity contribution is 0.0504. The molecule has 0 aromatic carbocycles. The topological polar surface area (TPSA) is 125 Å². The van der Waals surface area contributed by atoms with Gasteiger partial charge in [-0.25, -0.2) is 14.8 Å². The molecule has 0 fully saturated rings. The van der Waals surface area contributed by atoms with Gasteiger partial charge in [-0.1, -0.05) is 0 Å². The first kappa shape index (κ1) is 12.1. The van der Waals surface area contributed by atoms with Crippen molar-refractivity contribution in [2.24, 2.45) is 0 Å². The van der Waals surface area contributed by atoms with Gasteiger partial charge in [0.2, 0.25) is 0 Å². The molecule has 0 aliphatic heterocycles. The average molecular weight is 229 g/mol. The van der Waals surface area contributed by atoms with Crippen LogP contribution in [0.4, 0.5) is 10.5 Å². The molecule has 8 heteroatoms. The molecule has 1 atom stereocenters. The van der Waals surface area contributed by atoms with Crippen LogP contribution in [0.3, 0.4) is 0 Å². The lowest BCUT2D eigenvalue weighted by Crippen LogP contribution is -2.22. The first-order valence-corrected chi connectivity index (χ1v) is 4.35. The Morgan fingerprint density at radius 3 is 2.62 bits per heavy atom. The molecule has 4 N–H and O–H groups in total. The van der Waals surface area contributed by atoms with Crippen LogP contribution in [0.2, 0.25) is 0 Å². The number of aromatic nitrogens is 2. The van der Waals surface area contributed by atoms with E-state index in [4.69, 9.17) is 20.1 Å². The van der Waals surface area contributed by atoms with E-state index in [-0.39, 0.29) is 18.3 Å². The summed E-state index contributed by atoms with van der Waals surface area (Å²) in [6.07, 6.45) is 0.234. The van der Waals surface area contributed by atoms with E-state index < -0.39 is 18.8 Å². The van der Waals surface area contributed by atoms with Crippen molar-refractivity contribution in [3.8, 4) is 6.01 Å². The molecule has 0 aliphatic rings. The van der Waals surface area contributed by atoms with Gasteiger partial charge in [0.1, 0.15) is 12.7 Å². The molecular weight excluding hydrogens is 218 g/mol. The van der Waals surface area contributed by atoms with Crippen LogP contribution in [0.25, 0.3) is 0 Å². The second-order valence-electron chi connectivity index (χ2n) is 2.83. The molecule has 1 heterocycles. The molecule has 0 unspecified atom stereocenters. The third-order valence-corrected chi connectivity index (χ3v) is 1.49. The molecular formula is C8H11N3O5. The lowest BCUT2D eigenvalue weighted by Gasteiger charge is -2.08. The molecule has 1 aromatic heterocycles. The maximum Gasteiger partial charge on any atom is 0.409 e. The van der Waals surface area contributed by atoms with Crippen LogP contribution in [0.15, 0.2) is 12.4 Å². The zero-order valence-electron chi connectivity index (χ0n) is 8.20. The number of nitrogens with zero attached hydrogens (tertiary/aromatic N) is 2. The lowest BCUT2D eigenvalue weighted by atomic mass is 10.4. The normalized spacial score (nSPS) is 11.9. The predicted molar refractivity (Wildman–Crippen MR) is 52.3 cm³/mol. The first-order chi connectivity index (χ1) is 7.61. The number of hydrogen-bond acceptors (Lipinski definition) is 6. The summed E-state index contributed by atoms with van der Waals surface area (Å²) in [6, 6.07) is -0.0107. The standard InChI is InChI=1S/C8H11N3O5/c12-3-6(13)4-16-7-9-1-5(2-10-7)11-8(14)15/h1-2,6,11-13H,3-4H2,(H,14,15)/t6-/m1/s1. The monoisotopic (exact) mass is 229 g/mol. The van der Waals surface area contributed by atoms with Gasteiger partial charge in [0, 0.05) is 0 Å². The fourth-order valence-corrected chi connectivity index (χ4v) is 0.802. The number of aliphatic hydroxyl groups excluding tert-OH is 2. The van der Waals surface area contributed by atoms with Crippen LogP contribution in [0.1, 0.15) is 0 Å². The van der Waals surface area contributed by atoms with Gasteiger partial charge >= 0.3 is 12.1 Å². The number of hydrogen-bond donors (Lipinski definition) is 4. The Kier molecular flexibility index (Phi) is 4.42. The van der Waals surface area contributed by atoms with E-state index in [0.717, 1.165) is 0 Å². The van der Waals surface area contributed by atoms with Crippen molar-refractivity contribution >= 4 is 11.8 Å². The Labute approximate surface area is 90.5 Å². The summed E-state index contributed by atoms with van der Waals surface area (Å²) in [5.41, 5.74) is 0.211. The van der Waals surface area contributed by atoms with Gasteiger partial charge in [-0.2, -0.15) is 0 Å². The van der Waals surface area contributed by atoms with Gasteiger partial charge in [0.25, 0.3) is 0 Å². The van der Waals surface area contributed by atoms with Crippen molar-refractivity contribution in [1.29, 1.82) is 0 Å². The first-order valence-electron chi connectivity index (χ1n) is 4.35. The second-order valence-corrected chi connectivity index (χ2v) is 2.83. The van der Waals surface area contributed by atoms with Crippen molar-refractivity contribution < 1.29 is 24.9 Å². The predicted octanol–water partition coefficient (Wildman–Crippen LogP) is -0.702. The molecule has 0 bridgehead atoms. The highest BCUT2D eigenvalue weighted by Gasteiger charge is 2.05. The van der Waals surface area contributed by atoms with Gasteiger partial charge in [-0.15, -0.1) is 0 Å². The molecule has 16 heavy (non-hydrogen) atoms. The third kappa shape index (κ3) is 4.07. The highest BCUT2D eigenvalue weighted by molar-refractivity contribution is 5.82. The third-order valence-electron chi connectivity index (χ3n) is 1.49. The van der Waals surface area contributed by atoms with Gasteiger partial charge in [-0.3, -0.25) is 5.32 Å². The SMILES string of the molecule is O=C(O)Nc1cnc(OC[C@H](O)CO)nc1. The van der Waals surface area contributed by atoms with Crippen LogP contribution >= 0.6 is 0 Å². The molecule has 0 radical (unpaired) electrons. The second kappa shape index (κ2) is 5.83. The number of carboxylic acid groups (broad SMARTS) is 1. The molecule has 0 saturated heterocycles. The molecule has 8 nitrogen and oxygen atoms in total. The van der Waals surface area contributed by atoms with Crippen molar-refractivity contribution in [3.63, 3.8) is 0 Å². The van der Waals surface area contributed by atoms with E-state index in [9.17, 15) is 4.79 Å². The highest BCUT2D eigenvalue weighted by atomic mass is 16.5. The van der Waals surface area contributed by atoms with E-state index in [0.29, 0.717) is 0 Å². The molecule has 0 spiro atoms. The number of ether oxygens (including phenoxy) is 1. The summed E-state index contributed by atoms with van der Waals surface area (Å²) in [4.78, 5) is 17.6. The van der Waals surface area contributed by atoms with Gasteiger partial charge < -0.3 is 20.1 Å². The van der Waals surface area contributed by atoms with Crippen molar-refractivity contribution in [1.82, 2.24) is 9.97 Å². The largest absolute Gasteiger partial charge is 0.465 e. The molecule has 1 rings (SSSR count). The van der Waals surface area contributed by atoms with Crippen LogP contribution in [-0.4, -0.2) is 50.7 Å². The zero-order valence-corrected chi connectivity index (χ0v) is 8.20. The van der Waals surface area contributed by atoms with Crippen LogP contribution in [0, 0.1) is 0 Å². The van der Waals surface area contributed by atoms with Gasteiger partial charge in [0.05, 0.1) is 24.7 Å². The summed E-state index contributed by atoms with van der Waals surface area (Å²) >= 11 is 0. The number of carbonyl (C=O) groups is 1. The van der Waals surface area contributed by atoms with E-state index in [2.05, 4.69) is 15.3 Å². The molecule has 0 aliphatic carbocycles. The number of amides is 1. The van der Waals surface area contributed by atoms with Crippen LogP contribution in [-0.2, 0) is 0 Å². The maximum absolute atomic E-state index is 10.2. The van der Waals surface area contributed by atoms with E-state index in [1.54, 1.807) is 0 Å². The average Bonchev–Trinajstić information content (AvgIpc) is 2.27. The van der Waals surface area contributed by atoms with Crippen molar-refractivity contribution in [3.05, 3.63) is 12.4 Å². The minimum atomic E-state index is -1.21. The molecule has 1 amide bonds. The summed E-state index contributed by atoms with van der Waals surface area (Å²) in [7, 11) is 0. The number of nitrogens with one attached hydrogen (secondary N) is 1. The molecule has 88 valence electrons. The van der Waals surface area contributed by atoms with E-state index >= 15 is 0 Å². The van der Waals surface area contributed by atoms with Crippen LogP contribution < -0.4 is 10.1 Å². The van der Waals surface area contributed by atoms with Crippen LogP contribution in [0.5, 0.6) is 6.01 Å². The Balaban J connectivity index is 2.48. The Bertz CT molecular complexity index is 342. The maximum atomic E-state index is 10.2. The zero-order chi connectivity index (χ0) is 12.0. The van der Waals surface area contributed by atoms with E-state index in [1.807, 2.05) is 0 Å². The molecule has 1 aromatic rings. The Morgan fingerprint density at radius 2 is 2.12 bits per heavy atom.